The molecule has 1 atom stereocenters. The average molecular weight is 203 g/mol. The molecule has 0 aromatic heterocycles. The van der Waals surface area contributed by atoms with Gasteiger partial charge in [0.05, 0.1) is 19.1 Å². The predicted molar refractivity (Wildman–Crippen MR) is 56.0 cm³/mol. The number of phenolic OH excluding ortho intramolecular Hbond substituents is 1. The van der Waals surface area contributed by atoms with Crippen molar-refractivity contribution in [2.45, 2.75) is 25.2 Å². The third kappa shape index (κ3) is 1.52. The van der Waals surface area contributed by atoms with Crippen LogP contribution in [0.25, 0.3) is 0 Å². The van der Waals surface area contributed by atoms with Gasteiger partial charge < -0.3 is 9.84 Å². The van der Waals surface area contributed by atoms with Crippen LogP contribution in [0.5, 0.6) is 11.5 Å². The molecule has 0 saturated heterocycles. The van der Waals surface area contributed by atoms with Crippen molar-refractivity contribution in [2.24, 2.45) is 0 Å². The van der Waals surface area contributed by atoms with E-state index in [4.69, 9.17) is 10.00 Å². The molecule has 0 aliphatic heterocycles. The smallest absolute Gasteiger partial charge is 0.163 e. The second-order valence-corrected chi connectivity index (χ2v) is 3.76. The lowest BCUT2D eigenvalue weighted by Crippen LogP contribution is -2.09. The third-order valence-corrected chi connectivity index (χ3v) is 2.93. The van der Waals surface area contributed by atoms with Crippen LogP contribution in [0, 0.1) is 11.3 Å². The molecule has 0 bridgehead atoms. The summed E-state index contributed by atoms with van der Waals surface area (Å²) < 4.78 is 5.18. The number of methoxy groups -OCH3 is 1. The Morgan fingerprint density at radius 2 is 2.33 bits per heavy atom. The number of hydrogen-bond acceptors (Lipinski definition) is 3. The Labute approximate surface area is 88.9 Å². The van der Waals surface area contributed by atoms with Crippen LogP contribution in [0.4, 0.5) is 0 Å². The van der Waals surface area contributed by atoms with Crippen LogP contribution in [0.15, 0.2) is 12.1 Å². The van der Waals surface area contributed by atoms with E-state index >= 15 is 0 Å². The third-order valence-electron chi connectivity index (χ3n) is 2.93. The number of nitriles is 1. The first kappa shape index (κ1) is 9.85. The van der Waals surface area contributed by atoms with E-state index in [-0.39, 0.29) is 11.7 Å². The fraction of sp³-hybridized carbons (Fsp3) is 0.417. The molecule has 0 amide bonds. The minimum Gasteiger partial charge on any atom is -0.504 e. The molecule has 15 heavy (non-hydrogen) atoms. The van der Waals surface area contributed by atoms with Gasteiger partial charge in [-0.2, -0.15) is 5.26 Å². The van der Waals surface area contributed by atoms with Gasteiger partial charge in [0.25, 0.3) is 0 Å². The molecule has 0 fully saturated rings. The van der Waals surface area contributed by atoms with Gasteiger partial charge in [0.15, 0.2) is 11.5 Å². The molecular weight excluding hydrogens is 190 g/mol. The first-order valence-corrected chi connectivity index (χ1v) is 5.06. The van der Waals surface area contributed by atoms with Gasteiger partial charge in [-0.25, -0.2) is 0 Å². The number of phenols is 1. The molecule has 78 valence electrons. The summed E-state index contributed by atoms with van der Waals surface area (Å²) in [5.74, 6) is 0.644. The molecule has 1 aliphatic carbocycles. The number of rotatable bonds is 1. The number of benzene rings is 1. The van der Waals surface area contributed by atoms with Crippen molar-refractivity contribution in [1.82, 2.24) is 0 Å². The standard InChI is InChI=1S/C12H13NO2/c1-15-12-10-4-2-3-8(7-13)9(10)5-6-11(12)14/h5-6,8,14H,2-4H2,1H3. The highest BCUT2D eigenvalue weighted by atomic mass is 16.5. The van der Waals surface area contributed by atoms with E-state index in [0.717, 1.165) is 30.4 Å². The SMILES string of the molecule is COc1c(O)ccc2c1CCCC2C#N. The normalized spacial score (nSPS) is 19.1. The molecule has 3 nitrogen and oxygen atoms in total. The Bertz CT molecular complexity index is 420. The molecule has 3 heteroatoms. The largest absolute Gasteiger partial charge is 0.504 e. The molecular formula is C12H13NO2. The van der Waals surface area contributed by atoms with Crippen LogP contribution in [0.3, 0.4) is 0 Å². The molecule has 0 heterocycles. The van der Waals surface area contributed by atoms with Gasteiger partial charge in [-0.1, -0.05) is 6.07 Å². The predicted octanol–water partition coefficient (Wildman–Crippen LogP) is 2.34. The lowest BCUT2D eigenvalue weighted by Gasteiger charge is -2.22. The number of ether oxygens (including phenoxy) is 1. The van der Waals surface area contributed by atoms with E-state index < -0.39 is 0 Å². The molecule has 1 aromatic carbocycles. The highest BCUT2D eigenvalue weighted by Gasteiger charge is 2.24. The molecule has 2 rings (SSSR count). The van der Waals surface area contributed by atoms with Crippen molar-refractivity contribution >= 4 is 0 Å². The molecule has 0 saturated carbocycles. The van der Waals surface area contributed by atoms with Gasteiger partial charge in [-0.05, 0) is 30.9 Å². The zero-order chi connectivity index (χ0) is 10.8. The Balaban J connectivity index is 2.57. The molecule has 1 unspecified atom stereocenters. The van der Waals surface area contributed by atoms with Crippen molar-refractivity contribution in [1.29, 1.82) is 5.26 Å². The van der Waals surface area contributed by atoms with Crippen LogP contribution in [0.1, 0.15) is 29.9 Å². The van der Waals surface area contributed by atoms with Crippen molar-refractivity contribution in [3.8, 4) is 17.6 Å². The Hall–Kier alpha value is -1.69. The summed E-state index contributed by atoms with van der Waals surface area (Å²) in [4.78, 5) is 0. The lowest BCUT2D eigenvalue weighted by atomic mass is 9.83. The van der Waals surface area contributed by atoms with Crippen LogP contribution in [-0.4, -0.2) is 12.2 Å². The topological polar surface area (TPSA) is 53.2 Å². The minimum absolute atomic E-state index is 0.0525. The highest BCUT2D eigenvalue weighted by Crippen LogP contribution is 2.40. The van der Waals surface area contributed by atoms with Gasteiger partial charge >= 0.3 is 0 Å². The van der Waals surface area contributed by atoms with Gasteiger partial charge in [-0.15, -0.1) is 0 Å². The summed E-state index contributed by atoms with van der Waals surface area (Å²) in [6, 6.07) is 5.73. The second kappa shape index (κ2) is 3.82. The van der Waals surface area contributed by atoms with Gasteiger partial charge in [0, 0.05) is 5.56 Å². The van der Waals surface area contributed by atoms with Gasteiger partial charge in [0.1, 0.15) is 0 Å². The van der Waals surface area contributed by atoms with Crippen LogP contribution >= 0.6 is 0 Å². The maximum atomic E-state index is 9.62. The highest BCUT2D eigenvalue weighted by molar-refractivity contribution is 5.53. The Morgan fingerprint density at radius 1 is 1.53 bits per heavy atom. The minimum atomic E-state index is -0.0525. The first-order valence-electron chi connectivity index (χ1n) is 5.06. The second-order valence-electron chi connectivity index (χ2n) is 3.76. The molecule has 1 N–H and O–H groups in total. The number of fused-ring (bicyclic) bond motifs is 1. The van der Waals surface area contributed by atoms with Crippen LogP contribution in [-0.2, 0) is 6.42 Å². The van der Waals surface area contributed by atoms with E-state index in [1.54, 1.807) is 13.2 Å². The number of hydrogen-bond donors (Lipinski definition) is 1. The Morgan fingerprint density at radius 3 is 3.00 bits per heavy atom. The molecule has 0 spiro atoms. The zero-order valence-corrected chi connectivity index (χ0v) is 8.66. The first-order chi connectivity index (χ1) is 7.27. The van der Waals surface area contributed by atoms with E-state index in [0.29, 0.717) is 5.75 Å². The maximum Gasteiger partial charge on any atom is 0.163 e. The van der Waals surface area contributed by atoms with Crippen molar-refractivity contribution < 1.29 is 9.84 Å². The van der Waals surface area contributed by atoms with E-state index in [9.17, 15) is 5.11 Å². The van der Waals surface area contributed by atoms with Crippen molar-refractivity contribution in [2.75, 3.05) is 7.11 Å². The Kier molecular flexibility index (Phi) is 2.51. The van der Waals surface area contributed by atoms with Crippen molar-refractivity contribution in [3.05, 3.63) is 23.3 Å². The number of aromatic hydroxyl groups is 1. The summed E-state index contributed by atoms with van der Waals surface area (Å²) >= 11 is 0. The van der Waals surface area contributed by atoms with Crippen molar-refractivity contribution in [3.63, 3.8) is 0 Å². The lowest BCUT2D eigenvalue weighted by molar-refractivity contribution is 0.366. The maximum absolute atomic E-state index is 9.62. The van der Waals surface area contributed by atoms with Crippen LogP contribution in [0.2, 0.25) is 0 Å². The average Bonchev–Trinajstić information content (AvgIpc) is 2.28. The quantitative estimate of drug-likeness (QED) is 0.762. The fourth-order valence-corrected chi connectivity index (χ4v) is 2.22. The van der Waals surface area contributed by atoms with E-state index in [1.165, 1.54) is 0 Å². The van der Waals surface area contributed by atoms with E-state index in [2.05, 4.69) is 6.07 Å². The molecule has 0 radical (unpaired) electrons. The summed E-state index contributed by atoms with van der Waals surface area (Å²) in [7, 11) is 1.55. The molecule has 1 aromatic rings. The summed E-state index contributed by atoms with van der Waals surface area (Å²) in [6.45, 7) is 0. The number of nitrogens with zero attached hydrogens (tertiary/aromatic N) is 1. The summed E-state index contributed by atoms with van der Waals surface area (Å²) in [5, 5.41) is 18.6. The van der Waals surface area contributed by atoms with E-state index in [1.807, 2.05) is 6.07 Å². The fourth-order valence-electron chi connectivity index (χ4n) is 2.22. The summed E-state index contributed by atoms with van der Waals surface area (Å²) in [6.07, 6.45) is 2.76. The summed E-state index contributed by atoms with van der Waals surface area (Å²) in [5.41, 5.74) is 2.01. The molecule has 1 aliphatic rings. The van der Waals surface area contributed by atoms with Gasteiger partial charge in [-0.3, -0.25) is 0 Å². The van der Waals surface area contributed by atoms with Gasteiger partial charge in [0.2, 0.25) is 0 Å². The zero-order valence-electron chi connectivity index (χ0n) is 8.66. The van der Waals surface area contributed by atoms with Crippen LogP contribution < -0.4 is 4.74 Å². The monoisotopic (exact) mass is 203 g/mol.